The van der Waals surface area contributed by atoms with Gasteiger partial charge in [-0.25, -0.2) is 0 Å². The predicted molar refractivity (Wildman–Crippen MR) is 344 cm³/mol. The first-order valence-electron chi connectivity index (χ1n) is 33.7. The number of esters is 3. The Balaban J connectivity index is 4.22. The van der Waals surface area contributed by atoms with Gasteiger partial charge in [-0.1, -0.05) is 304 Å². The Morgan fingerprint density at radius 3 is 0.785 bits per heavy atom. The van der Waals surface area contributed by atoms with Gasteiger partial charge in [-0.3, -0.25) is 14.4 Å². The molecule has 1 atom stereocenters. The Morgan fingerprint density at radius 1 is 0.266 bits per heavy atom. The molecule has 6 heteroatoms. The lowest BCUT2D eigenvalue weighted by Gasteiger charge is -2.18. The summed E-state index contributed by atoms with van der Waals surface area (Å²) in [4.78, 5) is 38.3. The predicted octanol–water partition coefficient (Wildman–Crippen LogP) is 23.2. The van der Waals surface area contributed by atoms with Crippen molar-refractivity contribution in [2.45, 2.75) is 335 Å². The van der Waals surface area contributed by atoms with Crippen LogP contribution in [0.2, 0.25) is 0 Å². The van der Waals surface area contributed by atoms with Crippen LogP contribution in [0.25, 0.3) is 0 Å². The molecular weight excluding hydrogens is 973 g/mol. The molecule has 0 fully saturated rings. The second-order valence-corrected chi connectivity index (χ2v) is 22.4. The van der Waals surface area contributed by atoms with Crippen molar-refractivity contribution in [2.24, 2.45) is 0 Å². The maximum Gasteiger partial charge on any atom is 0.306 e. The van der Waals surface area contributed by atoms with Crippen molar-refractivity contribution < 1.29 is 28.6 Å². The first-order valence-corrected chi connectivity index (χ1v) is 33.7. The van der Waals surface area contributed by atoms with Crippen LogP contribution in [0.1, 0.15) is 329 Å². The van der Waals surface area contributed by atoms with E-state index >= 15 is 0 Å². The molecule has 1 unspecified atom stereocenters. The molecule has 6 nitrogen and oxygen atoms in total. The zero-order chi connectivity index (χ0) is 57.1. The largest absolute Gasteiger partial charge is 0.462 e. The molecule has 0 aliphatic rings. The third-order valence-electron chi connectivity index (χ3n) is 14.6. The summed E-state index contributed by atoms with van der Waals surface area (Å²) in [6.45, 7) is 6.51. The maximum absolute atomic E-state index is 12.9. The summed E-state index contributed by atoms with van der Waals surface area (Å²) in [7, 11) is 0. The molecule has 0 N–H and O–H groups in total. The first-order chi connectivity index (χ1) is 39.0. The standard InChI is InChI=1S/C73H126O6/c1-4-7-10-13-16-19-22-24-26-28-30-31-32-33-34-35-36-37-38-39-40-41-43-44-46-48-51-54-57-60-63-66-72(75)78-69-70(68-77-71(74)65-62-59-56-53-50-21-18-15-12-9-6-3)79-73(76)67-64-61-58-55-52-49-47-45-42-29-27-25-23-20-17-14-11-8-5-2/h8,11,17,20,22,24-25,27-28,30,32-33,42,45,49,52,70H,4-7,9-10,12-16,18-19,21,23,26,29,31,34-41,43-44,46-48,50-51,53-69H2,1-3H3/b11-8-,20-17-,24-22-,27-25-,30-28-,33-32-,45-42-,52-49-. The highest BCUT2D eigenvalue weighted by molar-refractivity contribution is 5.71. The summed E-state index contributed by atoms with van der Waals surface area (Å²) in [6, 6.07) is 0. The fraction of sp³-hybridized carbons (Fsp3) is 0.740. The van der Waals surface area contributed by atoms with Gasteiger partial charge in [0.2, 0.25) is 0 Å². The Labute approximate surface area is 489 Å². The molecule has 0 aromatic carbocycles. The molecule has 79 heavy (non-hydrogen) atoms. The summed E-state index contributed by atoms with van der Waals surface area (Å²) in [6.07, 6.45) is 90.1. The van der Waals surface area contributed by atoms with Crippen molar-refractivity contribution in [3.8, 4) is 0 Å². The summed E-state index contributed by atoms with van der Waals surface area (Å²) >= 11 is 0. The number of ether oxygens (including phenoxy) is 3. The van der Waals surface area contributed by atoms with E-state index in [9.17, 15) is 14.4 Å². The van der Waals surface area contributed by atoms with Gasteiger partial charge in [0.15, 0.2) is 6.10 Å². The van der Waals surface area contributed by atoms with Gasteiger partial charge in [-0.05, 0) is 103 Å². The minimum atomic E-state index is -0.794. The molecule has 0 heterocycles. The topological polar surface area (TPSA) is 78.9 Å². The van der Waals surface area contributed by atoms with E-state index < -0.39 is 6.10 Å². The lowest BCUT2D eigenvalue weighted by Crippen LogP contribution is -2.30. The van der Waals surface area contributed by atoms with Gasteiger partial charge in [-0.2, -0.15) is 0 Å². The van der Waals surface area contributed by atoms with Crippen molar-refractivity contribution in [3.63, 3.8) is 0 Å². The van der Waals surface area contributed by atoms with Crippen LogP contribution in [0.4, 0.5) is 0 Å². The zero-order valence-corrected chi connectivity index (χ0v) is 52.1. The monoisotopic (exact) mass is 1100 g/mol. The molecule has 0 aromatic heterocycles. The fourth-order valence-electron chi connectivity index (χ4n) is 9.54. The number of rotatable bonds is 61. The number of unbranched alkanes of at least 4 members (excludes halogenated alkanes) is 34. The third-order valence-corrected chi connectivity index (χ3v) is 14.6. The first kappa shape index (κ1) is 75.3. The lowest BCUT2D eigenvalue weighted by molar-refractivity contribution is -0.167. The van der Waals surface area contributed by atoms with E-state index in [4.69, 9.17) is 14.2 Å². The van der Waals surface area contributed by atoms with E-state index in [2.05, 4.69) is 118 Å². The van der Waals surface area contributed by atoms with Crippen LogP contribution in [-0.2, 0) is 28.6 Å². The number of hydrogen-bond donors (Lipinski definition) is 0. The quantitative estimate of drug-likeness (QED) is 0.0261. The van der Waals surface area contributed by atoms with Crippen LogP contribution in [-0.4, -0.2) is 37.2 Å². The van der Waals surface area contributed by atoms with Gasteiger partial charge in [-0.15, -0.1) is 0 Å². The Kier molecular flexibility index (Phi) is 63.7. The van der Waals surface area contributed by atoms with Gasteiger partial charge >= 0.3 is 17.9 Å². The van der Waals surface area contributed by atoms with Crippen molar-refractivity contribution in [2.75, 3.05) is 13.2 Å². The average molecular weight is 1100 g/mol. The second kappa shape index (κ2) is 66.8. The summed E-state index contributed by atoms with van der Waals surface area (Å²) in [5.41, 5.74) is 0. The Hall–Kier alpha value is -3.67. The lowest BCUT2D eigenvalue weighted by atomic mass is 10.0. The van der Waals surface area contributed by atoms with Crippen LogP contribution in [0, 0.1) is 0 Å². The molecule has 0 aromatic rings. The molecule has 0 saturated heterocycles. The minimum Gasteiger partial charge on any atom is -0.462 e. The third kappa shape index (κ3) is 65.0. The fourth-order valence-corrected chi connectivity index (χ4v) is 9.54. The molecule has 0 spiro atoms. The summed E-state index contributed by atoms with van der Waals surface area (Å²) in [5.74, 6) is -0.909. The highest BCUT2D eigenvalue weighted by Crippen LogP contribution is 2.17. The molecule has 454 valence electrons. The summed E-state index contributed by atoms with van der Waals surface area (Å²) in [5, 5.41) is 0. The maximum atomic E-state index is 12.9. The van der Waals surface area contributed by atoms with Crippen LogP contribution in [0.15, 0.2) is 97.2 Å². The second-order valence-electron chi connectivity index (χ2n) is 22.4. The highest BCUT2D eigenvalue weighted by atomic mass is 16.6. The van der Waals surface area contributed by atoms with E-state index in [0.717, 1.165) is 109 Å². The Morgan fingerprint density at radius 2 is 0.494 bits per heavy atom. The molecule has 0 saturated carbocycles. The smallest absolute Gasteiger partial charge is 0.306 e. The molecule has 0 bridgehead atoms. The molecule has 0 rings (SSSR count). The van der Waals surface area contributed by atoms with Gasteiger partial charge < -0.3 is 14.2 Å². The average Bonchev–Trinajstić information content (AvgIpc) is 3.45. The molecule has 0 radical (unpaired) electrons. The van der Waals surface area contributed by atoms with Gasteiger partial charge in [0.25, 0.3) is 0 Å². The van der Waals surface area contributed by atoms with E-state index in [-0.39, 0.29) is 31.1 Å². The molecule has 0 amide bonds. The molecule has 0 aliphatic carbocycles. The van der Waals surface area contributed by atoms with Crippen molar-refractivity contribution in [3.05, 3.63) is 97.2 Å². The SMILES string of the molecule is CC/C=C\C/C=C\C/C=C\C/C=C\C/C=C\CCCCCC(=O)OC(COC(=O)CCCCCCCCCCCCC)COC(=O)CCCCCCCCCCCCCCCCCC/C=C\C/C=C\C/C=C\CCCCCCC. The number of carbonyl (C=O) groups is 3. The number of allylic oxidation sites excluding steroid dienone is 16. The van der Waals surface area contributed by atoms with Crippen LogP contribution < -0.4 is 0 Å². The molecular formula is C73H126O6. The van der Waals surface area contributed by atoms with Crippen LogP contribution >= 0.6 is 0 Å². The van der Waals surface area contributed by atoms with Gasteiger partial charge in [0, 0.05) is 19.3 Å². The van der Waals surface area contributed by atoms with Crippen LogP contribution in [0.5, 0.6) is 0 Å². The summed E-state index contributed by atoms with van der Waals surface area (Å²) < 4.78 is 16.9. The van der Waals surface area contributed by atoms with E-state index in [1.54, 1.807) is 0 Å². The van der Waals surface area contributed by atoms with E-state index in [1.807, 2.05) is 0 Å². The number of carbonyl (C=O) groups excluding carboxylic acids is 3. The van der Waals surface area contributed by atoms with E-state index in [1.165, 1.54) is 180 Å². The van der Waals surface area contributed by atoms with Gasteiger partial charge in [0.1, 0.15) is 13.2 Å². The van der Waals surface area contributed by atoms with Crippen LogP contribution in [0.3, 0.4) is 0 Å². The Bertz CT molecular complexity index is 1540. The number of hydrogen-bond acceptors (Lipinski definition) is 6. The normalized spacial score (nSPS) is 12.7. The van der Waals surface area contributed by atoms with Crippen molar-refractivity contribution in [1.29, 1.82) is 0 Å². The minimum absolute atomic E-state index is 0.0878. The molecule has 0 aliphatic heterocycles. The highest BCUT2D eigenvalue weighted by Gasteiger charge is 2.19. The van der Waals surface area contributed by atoms with Crippen molar-refractivity contribution in [1.82, 2.24) is 0 Å². The van der Waals surface area contributed by atoms with Gasteiger partial charge in [0.05, 0.1) is 0 Å². The zero-order valence-electron chi connectivity index (χ0n) is 52.1. The van der Waals surface area contributed by atoms with Crippen molar-refractivity contribution >= 4 is 17.9 Å². The van der Waals surface area contributed by atoms with E-state index in [0.29, 0.717) is 19.3 Å².